The van der Waals surface area contributed by atoms with Gasteiger partial charge in [-0.25, -0.2) is 0 Å². The Hall–Kier alpha value is -9.76. The molecule has 0 aliphatic carbocycles. The molecule has 356 valence electrons. The van der Waals surface area contributed by atoms with Crippen molar-refractivity contribution in [1.29, 1.82) is 0 Å². The number of hydrogen-bond acceptors (Lipinski definition) is 2. The Bertz CT molecular complexity index is 4080. The van der Waals surface area contributed by atoms with Crippen molar-refractivity contribution in [3.8, 4) is 56.4 Å². The molecule has 2 nitrogen and oxygen atoms in total. The van der Waals surface area contributed by atoms with E-state index in [1.165, 1.54) is 76.8 Å². The number of hydrogen-bond donors (Lipinski definition) is 0. The van der Waals surface area contributed by atoms with Gasteiger partial charge in [-0.15, -0.1) is 0 Å². The molecule has 0 unspecified atom stereocenters. The third-order valence-electron chi connectivity index (χ3n) is 16.3. The van der Waals surface area contributed by atoms with Crippen LogP contribution in [0.15, 0.2) is 291 Å². The maximum Gasteiger partial charge on any atom is 0.132 e. The SMILES string of the molecule is c1ccc(C2(c3cccc(-c4cccc5c(-c6cccc7ccccc67)c6cccc(-c7cccc(C8(c9ccccc9)c9ccccc9Oc9ccccc98)c7)c6cc45)c3)c3ccccc3Oc3ccccc32)cc1. The van der Waals surface area contributed by atoms with E-state index < -0.39 is 10.8 Å². The predicted molar refractivity (Wildman–Crippen MR) is 312 cm³/mol. The van der Waals surface area contributed by atoms with E-state index in [9.17, 15) is 0 Å². The standard InChI is InChI=1S/C74H48O2/c1-3-26-52(27-4-1)73(64-38-9-13-42-68(64)75-69-43-14-10-39-65(69)73)54-30-17-24-50(46-54)57-33-20-36-60-62(57)48-63-58(34-21-37-61(63)72(60)59-35-19-23-49-22-7-8-32-56(49)59)51-25-18-31-55(47-51)74(53-28-5-2-6-29-53)66-40-11-15-44-70(66)76-71-45-16-12-41-67(71)74/h1-48H. The highest BCUT2D eigenvalue weighted by molar-refractivity contribution is 6.21. The topological polar surface area (TPSA) is 18.5 Å². The zero-order valence-electron chi connectivity index (χ0n) is 41.5. The lowest BCUT2D eigenvalue weighted by Crippen LogP contribution is -2.34. The second kappa shape index (κ2) is 17.4. The maximum absolute atomic E-state index is 6.72. The van der Waals surface area contributed by atoms with Gasteiger partial charge >= 0.3 is 0 Å². The van der Waals surface area contributed by atoms with Crippen molar-refractivity contribution in [3.05, 3.63) is 336 Å². The highest BCUT2D eigenvalue weighted by Gasteiger charge is 2.47. The van der Waals surface area contributed by atoms with Crippen molar-refractivity contribution in [3.63, 3.8) is 0 Å². The number of ether oxygens (including phenoxy) is 2. The summed E-state index contributed by atoms with van der Waals surface area (Å²) in [5.41, 5.74) is 14.9. The maximum atomic E-state index is 6.72. The average molecular weight is 969 g/mol. The number of para-hydroxylation sites is 4. The van der Waals surface area contributed by atoms with E-state index in [0.717, 1.165) is 56.4 Å². The molecule has 0 radical (unpaired) electrons. The molecule has 0 amide bonds. The fourth-order valence-electron chi connectivity index (χ4n) is 13.2. The van der Waals surface area contributed by atoms with E-state index in [0.29, 0.717) is 0 Å². The zero-order valence-corrected chi connectivity index (χ0v) is 41.5. The molecule has 2 aliphatic heterocycles. The molecule has 2 aliphatic rings. The Morgan fingerprint density at radius 1 is 0.224 bits per heavy atom. The third-order valence-corrected chi connectivity index (χ3v) is 16.3. The lowest BCUT2D eigenvalue weighted by molar-refractivity contribution is 0.434. The molecular formula is C74H48O2. The summed E-state index contributed by atoms with van der Waals surface area (Å²) in [6, 6.07) is 106. The summed E-state index contributed by atoms with van der Waals surface area (Å²) in [5.74, 6) is 3.46. The molecule has 15 rings (SSSR count). The molecule has 76 heavy (non-hydrogen) atoms. The third kappa shape index (κ3) is 6.47. The molecule has 0 fully saturated rings. The summed E-state index contributed by atoms with van der Waals surface area (Å²) in [5, 5.41) is 7.22. The van der Waals surface area contributed by atoms with Crippen LogP contribution >= 0.6 is 0 Å². The van der Waals surface area contributed by atoms with Crippen LogP contribution in [-0.4, -0.2) is 0 Å². The Kier molecular flexibility index (Phi) is 10.0. The lowest BCUT2D eigenvalue weighted by Gasteiger charge is -2.41. The van der Waals surface area contributed by atoms with E-state index in [-0.39, 0.29) is 0 Å². The molecular weight excluding hydrogens is 921 g/mol. The van der Waals surface area contributed by atoms with Crippen molar-refractivity contribution in [2.24, 2.45) is 0 Å². The quantitative estimate of drug-likeness (QED) is 0.148. The van der Waals surface area contributed by atoms with Gasteiger partial charge < -0.3 is 9.47 Å². The Labute approximate surface area is 442 Å². The molecule has 13 aromatic carbocycles. The first-order chi connectivity index (χ1) is 37.7. The molecule has 2 heterocycles. The van der Waals surface area contributed by atoms with Gasteiger partial charge in [0.15, 0.2) is 0 Å². The van der Waals surface area contributed by atoms with Crippen molar-refractivity contribution < 1.29 is 9.47 Å². The fourth-order valence-corrected chi connectivity index (χ4v) is 13.2. The van der Waals surface area contributed by atoms with Gasteiger partial charge in [-0.2, -0.15) is 0 Å². The van der Waals surface area contributed by atoms with Crippen LogP contribution in [0.2, 0.25) is 0 Å². The van der Waals surface area contributed by atoms with Gasteiger partial charge in [0, 0.05) is 22.3 Å². The zero-order chi connectivity index (χ0) is 50.2. The molecule has 0 bridgehead atoms. The summed E-state index contributed by atoms with van der Waals surface area (Å²) in [6.45, 7) is 0. The fraction of sp³-hybridized carbons (Fsp3) is 0.0270. The van der Waals surface area contributed by atoms with Gasteiger partial charge in [-0.05, 0) is 130 Å². The first-order valence-electron chi connectivity index (χ1n) is 26.2. The van der Waals surface area contributed by atoms with Crippen molar-refractivity contribution in [2.75, 3.05) is 0 Å². The van der Waals surface area contributed by atoms with Crippen LogP contribution in [-0.2, 0) is 10.8 Å². The second-order valence-corrected chi connectivity index (χ2v) is 20.2. The lowest BCUT2D eigenvalue weighted by atomic mass is 9.63. The number of rotatable bonds is 7. The van der Waals surface area contributed by atoms with Crippen LogP contribution in [0.1, 0.15) is 44.5 Å². The number of benzene rings is 13. The second-order valence-electron chi connectivity index (χ2n) is 20.2. The van der Waals surface area contributed by atoms with Crippen LogP contribution in [0, 0.1) is 0 Å². The number of fused-ring (bicyclic) bond motifs is 7. The molecule has 0 saturated heterocycles. The summed E-state index contributed by atoms with van der Waals surface area (Å²) < 4.78 is 13.4. The minimum absolute atomic E-state index is 0.658. The summed E-state index contributed by atoms with van der Waals surface area (Å²) in [6.07, 6.45) is 0. The van der Waals surface area contributed by atoms with Crippen molar-refractivity contribution >= 4 is 32.3 Å². The van der Waals surface area contributed by atoms with Gasteiger partial charge in [0.05, 0.1) is 10.8 Å². The van der Waals surface area contributed by atoms with Crippen LogP contribution in [0.25, 0.3) is 65.7 Å². The minimum atomic E-state index is -0.658. The van der Waals surface area contributed by atoms with Crippen molar-refractivity contribution in [2.45, 2.75) is 10.8 Å². The molecule has 0 atom stereocenters. The van der Waals surface area contributed by atoms with E-state index in [2.05, 4.69) is 291 Å². The average Bonchev–Trinajstić information content (AvgIpc) is 3.65. The Morgan fingerprint density at radius 3 is 1.04 bits per heavy atom. The summed E-state index contributed by atoms with van der Waals surface area (Å²) >= 11 is 0. The molecule has 0 N–H and O–H groups in total. The smallest absolute Gasteiger partial charge is 0.132 e. The first kappa shape index (κ1) is 43.8. The minimum Gasteiger partial charge on any atom is -0.457 e. The van der Waals surface area contributed by atoms with Crippen LogP contribution < -0.4 is 9.47 Å². The molecule has 0 spiro atoms. The predicted octanol–water partition coefficient (Wildman–Crippen LogP) is 19.1. The van der Waals surface area contributed by atoms with E-state index in [1.54, 1.807) is 0 Å². The summed E-state index contributed by atoms with van der Waals surface area (Å²) in [4.78, 5) is 0. The summed E-state index contributed by atoms with van der Waals surface area (Å²) in [7, 11) is 0. The van der Waals surface area contributed by atoms with E-state index in [1.807, 2.05) is 0 Å². The van der Waals surface area contributed by atoms with Gasteiger partial charge in [0.1, 0.15) is 23.0 Å². The van der Waals surface area contributed by atoms with Crippen LogP contribution in [0.3, 0.4) is 0 Å². The normalized spacial score (nSPS) is 13.7. The highest BCUT2D eigenvalue weighted by atomic mass is 16.5. The molecule has 0 aromatic heterocycles. The van der Waals surface area contributed by atoms with Gasteiger partial charge in [0.2, 0.25) is 0 Å². The van der Waals surface area contributed by atoms with Crippen molar-refractivity contribution in [1.82, 2.24) is 0 Å². The van der Waals surface area contributed by atoms with Crippen LogP contribution in [0.4, 0.5) is 0 Å². The first-order valence-corrected chi connectivity index (χ1v) is 26.2. The van der Waals surface area contributed by atoms with Crippen LogP contribution in [0.5, 0.6) is 23.0 Å². The van der Waals surface area contributed by atoms with Gasteiger partial charge in [-0.3, -0.25) is 0 Å². The molecule has 13 aromatic rings. The Balaban J connectivity index is 1.00. The molecule has 2 heteroatoms. The highest BCUT2D eigenvalue weighted by Crippen LogP contribution is 2.58. The van der Waals surface area contributed by atoms with E-state index >= 15 is 0 Å². The monoisotopic (exact) mass is 968 g/mol. The Morgan fingerprint density at radius 2 is 0.566 bits per heavy atom. The van der Waals surface area contributed by atoms with Gasteiger partial charge in [-0.1, -0.05) is 249 Å². The molecule has 0 saturated carbocycles. The van der Waals surface area contributed by atoms with Gasteiger partial charge in [0.25, 0.3) is 0 Å². The largest absolute Gasteiger partial charge is 0.457 e. The van der Waals surface area contributed by atoms with E-state index in [4.69, 9.17) is 9.47 Å².